The molecule has 46 heavy (non-hydrogen) atoms. The standard InChI is InChI=1S/C44H56SSi/c1-27(2)45(28(3)4,29(5)6)39-17-13-33-25-43-35(21-37(33)23-39)15-19-42-41(43)20-16-36-22-38-24-40(18-14-34(38)26-44(36)42)46(30(7)8,31(9)10)32(11)12/h13-32H,1-12H3. The summed E-state index contributed by atoms with van der Waals surface area (Å²) in [4.78, 5) is 1.57. The summed E-state index contributed by atoms with van der Waals surface area (Å²) in [6.45, 7) is 29.4. The van der Waals surface area contributed by atoms with E-state index in [1.165, 1.54) is 53.9 Å². The van der Waals surface area contributed by atoms with Crippen LogP contribution in [0.1, 0.15) is 83.1 Å². The summed E-state index contributed by atoms with van der Waals surface area (Å²) in [5.74, 6) is 0. The molecule has 0 saturated carbocycles. The van der Waals surface area contributed by atoms with Gasteiger partial charge < -0.3 is 0 Å². The first-order valence-electron chi connectivity index (χ1n) is 17.8. The molecule has 0 unspecified atom stereocenters. The lowest BCUT2D eigenvalue weighted by atomic mass is 9.94. The second kappa shape index (κ2) is 12.0. The second-order valence-electron chi connectivity index (χ2n) is 15.7. The Morgan fingerprint density at radius 1 is 0.370 bits per heavy atom. The fourth-order valence-corrected chi connectivity index (χ4v) is 22.6. The van der Waals surface area contributed by atoms with Crippen molar-refractivity contribution in [2.75, 3.05) is 0 Å². The Morgan fingerprint density at radius 3 is 1.22 bits per heavy atom. The minimum absolute atomic E-state index is 0.649. The Balaban J connectivity index is 1.52. The number of rotatable bonds is 8. The normalized spacial score (nSPS) is 13.9. The lowest BCUT2D eigenvalue weighted by Gasteiger charge is -2.52. The van der Waals surface area contributed by atoms with Crippen LogP contribution in [0.3, 0.4) is 0 Å². The average Bonchev–Trinajstić information content (AvgIpc) is 2.98. The highest BCUT2D eigenvalue weighted by Crippen LogP contribution is 2.66. The van der Waals surface area contributed by atoms with E-state index in [0.717, 1.165) is 0 Å². The fourth-order valence-electron chi connectivity index (χ4n) is 10.3. The number of hydrogen-bond acceptors (Lipinski definition) is 0. The molecule has 0 fully saturated rings. The molecule has 0 aliphatic rings. The van der Waals surface area contributed by atoms with Crippen molar-refractivity contribution >= 4 is 77.2 Å². The van der Waals surface area contributed by atoms with Crippen molar-refractivity contribution in [3.63, 3.8) is 0 Å². The highest BCUT2D eigenvalue weighted by atomic mass is 32.3. The lowest BCUT2D eigenvalue weighted by Crippen LogP contribution is -2.55. The van der Waals surface area contributed by atoms with E-state index in [2.05, 4.69) is 168 Å². The molecule has 6 aromatic rings. The smallest absolute Gasteiger partial charge is 0.0942 e. The maximum atomic E-state index is 2.56. The van der Waals surface area contributed by atoms with E-state index in [9.17, 15) is 0 Å². The molecule has 0 heterocycles. The highest BCUT2D eigenvalue weighted by molar-refractivity contribution is 8.35. The zero-order valence-electron chi connectivity index (χ0n) is 30.5. The molecule has 6 aromatic carbocycles. The molecule has 0 aromatic heterocycles. The molecule has 0 spiro atoms. The molecule has 0 amide bonds. The van der Waals surface area contributed by atoms with Crippen LogP contribution in [-0.4, -0.2) is 23.8 Å². The van der Waals surface area contributed by atoms with Gasteiger partial charge in [-0.1, -0.05) is 137 Å². The molecule has 0 nitrogen and oxygen atoms in total. The summed E-state index contributed by atoms with van der Waals surface area (Å²) in [5, 5.41) is 17.1. The summed E-state index contributed by atoms with van der Waals surface area (Å²) >= 11 is 0. The van der Waals surface area contributed by atoms with Crippen LogP contribution in [0.2, 0.25) is 16.6 Å². The summed E-state index contributed by atoms with van der Waals surface area (Å²) in [5.41, 5.74) is 2.11. The quantitative estimate of drug-likeness (QED) is 0.0878. The third-order valence-corrected chi connectivity index (χ3v) is 24.6. The van der Waals surface area contributed by atoms with Crippen molar-refractivity contribution in [3.05, 3.63) is 84.9 Å². The number of benzene rings is 6. The van der Waals surface area contributed by atoms with Gasteiger partial charge in [-0.2, -0.15) is 0 Å². The van der Waals surface area contributed by atoms with Gasteiger partial charge in [0.2, 0.25) is 0 Å². The Bertz CT molecular complexity index is 1880. The molecule has 0 aliphatic heterocycles. The molecule has 0 aliphatic carbocycles. The van der Waals surface area contributed by atoms with Crippen LogP contribution in [0.5, 0.6) is 0 Å². The Hall–Kier alpha value is -2.81. The van der Waals surface area contributed by atoms with Crippen LogP contribution in [0, 0.1) is 0 Å². The van der Waals surface area contributed by atoms with Crippen molar-refractivity contribution in [3.8, 4) is 0 Å². The van der Waals surface area contributed by atoms with Gasteiger partial charge in [-0.05, 0) is 128 Å². The molecular weight excluding hydrogens is 589 g/mol. The SMILES string of the molecule is CC(C)[Si](c1ccc2cc3c(ccc4c5cc6ccc(S(C(C)C)(C(C)C)C(C)C)cc6cc5ccc34)cc2c1)(C(C)C)C(C)C. The van der Waals surface area contributed by atoms with Crippen LogP contribution in [0.25, 0.3) is 53.9 Å². The maximum absolute atomic E-state index is 2.56. The van der Waals surface area contributed by atoms with E-state index in [4.69, 9.17) is 0 Å². The minimum atomic E-state index is -1.72. The van der Waals surface area contributed by atoms with Crippen molar-refractivity contribution in [1.29, 1.82) is 0 Å². The average molecular weight is 645 g/mol. The Morgan fingerprint density at radius 2 is 0.783 bits per heavy atom. The lowest BCUT2D eigenvalue weighted by molar-refractivity contribution is 0.835. The van der Waals surface area contributed by atoms with Crippen LogP contribution in [0.15, 0.2) is 89.8 Å². The van der Waals surface area contributed by atoms with Crippen molar-refractivity contribution < 1.29 is 0 Å². The monoisotopic (exact) mass is 644 g/mol. The molecule has 0 radical (unpaired) electrons. The van der Waals surface area contributed by atoms with Gasteiger partial charge in [0, 0.05) is 0 Å². The molecule has 0 saturated heterocycles. The van der Waals surface area contributed by atoms with Gasteiger partial charge in [-0.15, -0.1) is 0 Å². The van der Waals surface area contributed by atoms with Crippen LogP contribution >= 0.6 is 10.0 Å². The molecular formula is C44H56SSi. The van der Waals surface area contributed by atoms with Gasteiger partial charge in [-0.3, -0.25) is 0 Å². The highest BCUT2D eigenvalue weighted by Gasteiger charge is 2.44. The maximum Gasteiger partial charge on any atom is 0.0942 e. The number of hydrogen-bond donors (Lipinski definition) is 0. The molecule has 0 atom stereocenters. The summed E-state index contributed by atoms with van der Waals surface area (Å²) < 4.78 is 0. The van der Waals surface area contributed by atoms with Crippen molar-refractivity contribution in [2.24, 2.45) is 0 Å². The topological polar surface area (TPSA) is 0 Å². The van der Waals surface area contributed by atoms with Gasteiger partial charge in [0.05, 0.1) is 8.07 Å². The van der Waals surface area contributed by atoms with E-state index >= 15 is 0 Å². The van der Waals surface area contributed by atoms with E-state index in [1.807, 2.05) is 0 Å². The first-order chi connectivity index (χ1) is 21.7. The van der Waals surface area contributed by atoms with E-state index in [-0.39, 0.29) is 0 Å². The first-order valence-corrected chi connectivity index (χ1v) is 21.9. The Kier molecular flexibility index (Phi) is 8.64. The van der Waals surface area contributed by atoms with Gasteiger partial charge in [0.25, 0.3) is 0 Å². The molecule has 0 bridgehead atoms. The molecule has 6 rings (SSSR count). The van der Waals surface area contributed by atoms with Gasteiger partial charge >= 0.3 is 0 Å². The summed E-state index contributed by atoms with van der Waals surface area (Å²) in [7, 11) is -2.68. The van der Waals surface area contributed by atoms with E-state index in [0.29, 0.717) is 32.4 Å². The zero-order valence-corrected chi connectivity index (χ0v) is 32.3. The second-order valence-corrected chi connectivity index (χ2v) is 26.5. The Labute approximate surface area is 281 Å². The van der Waals surface area contributed by atoms with Gasteiger partial charge in [-0.25, -0.2) is 10.0 Å². The van der Waals surface area contributed by atoms with Crippen LogP contribution in [0.4, 0.5) is 0 Å². The van der Waals surface area contributed by atoms with Gasteiger partial charge in [0.15, 0.2) is 0 Å². The summed E-state index contributed by atoms with van der Waals surface area (Å²) in [6, 6.07) is 34.1. The minimum Gasteiger partial charge on any atom is -0.207 e. The number of fused-ring (bicyclic) bond motifs is 7. The van der Waals surface area contributed by atoms with Crippen LogP contribution in [-0.2, 0) is 0 Å². The largest absolute Gasteiger partial charge is 0.207 e. The molecule has 0 N–H and O–H groups in total. The zero-order chi connectivity index (χ0) is 33.3. The fraction of sp³-hybridized carbons (Fsp3) is 0.409. The van der Waals surface area contributed by atoms with E-state index in [1.54, 1.807) is 10.1 Å². The molecule has 2 heteroatoms. The predicted molar refractivity (Wildman–Crippen MR) is 216 cm³/mol. The third-order valence-electron chi connectivity index (χ3n) is 11.8. The first kappa shape index (κ1) is 33.1. The predicted octanol–water partition coefficient (Wildman–Crippen LogP) is 13.7. The van der Waals surface area contributed by atoms with E-state index < -0.39 is 18.1 Å². The van der Waals surface area contributed by atoms with Crippen molar-refractivity contribution in [2.45, 2.75) is 120 Å². The van der Waals surface area contributed by atoms with Crippen molar-refractivity contribution in [1.82, 2.24) is 0 Å². The van der Waals surface area contributed by atoms with Crippen LogP contribution < -0.4 is 5.19 Å². The summed E-state index contributed by atoms with van der Waals surface area (Å²) in [6.07, 6.45) is 0. The third kappa shape index (κ3) is 4.84. The molecule has 242 valence electrons. The van der Waals surface area contributed by atoms with Gasteiger partial charge in [0.1, 0.15) is 0 Å².